The van der Waals surface area contributed by atoms with Crippen LogP contribution in [0.2, 0.25) is 0 Å². The predicted octanol–water partition coefficient (Wildman–Crippen LogP) is 4.10. The number of carbonyl (C=O) groups is 1. The van der Waals surface area contributed by atoms with E-state index in [0.29, 0.717) is 24.0 Å². The van der Waals surface area contributed by atoms with E-state index in [2.05, 4.69) is 0 Å². The van der Waals surface area contributed by atoms with E-state index in [1.54, 1.807) is 14.1 Å². The number of nitrogens with zero attached hydrogens (tertiary/aromatic N) is 2. The van der Waals surface area contributed by atoms with E-state index < -0.39 is 6.09 Å². The summed E-state index contributed by atoms with van der Waals surface area (Å²) in [5.41, 5.74) is 9.17. The summed E-state index contributed by atoms with van der Waals surface area (Å²) in [5.74, 6) is 6.82. The van der Waals surface area contributed by atoms with E-state index in [1.807, 2.05) is 54.6 Å². The molecule has 7 heteroatoms. The summed E-state index contributed by atoms with van der Waals surface area (Å²) in [6, 6.07) is 17.4. The van der Waals surface area contributed by atoms with Crippen molar-refractivity contribution in [1.82, 2.24) is 9.91 Å². The first kappa shape index (κ1) is 23.5. The molecule has 0 aromatic heterocycles. The second kappa shape index (κ2) is 11.4. The lowest BCUT2D eigenvalue weighted by Crippen LogP contribution is -2.33. The third-order valence-electron chi connectivity index (χ3n) is 5.66. The first-order valence-electron chi connectivity index (χ1n) is 11.1. The number of hydrogen-bond acceptors (Lipinski definition) is 6. The zero-order valence-corrected chi connectivity index (χ0v) is 19.0. The van der Waals surface area contributed by atoms with Gasteiger partial charge in [-0.05, 0) is 61.1 Å². The third-order valence-corrected chi connectivity index (χ3v) is 5.66. The van der Waals surface area contributed by atoms with Gasteiger partial charge in [-0.1, -0.05) is 36.8 Å². The Bertz CT molecular complexity index is 891. The fourth-order valence-corrected chi connectivity index (χ4v) is 3.79. The molecule has 32 heavy (non-hydrogen) atoms. The highest BCUT2D eigenvalue weighted by atomic mass is 16.6. The van der Waals surface area contributed by atoms with E-state index in [-0.39, 0.29) is 6.61 Å². The molecule has 0 atom stereocenters. The van der Waals surface area contributed by atoms with Crippen molar-refractivity contribution >= 4 is 11.8 Å². The summed E-state index contributed by atoms with van der Waals surface area (Å²) in [5, 5.41) is 1.38. The number of nitrogens with two attached hydrogens (primary N) is 2. The van der Waals surface area contributed by atoms with Crippen LogP contribution in [0.3, 0.4) is 0 Å². The molecule has 0 bridgehead atoms. The standard InChI is InChI=1S/C25H34N4O3/c1-28(17-19-9-5-3-6-10-19)25(30)31-18-23(29(2)27)24(26)20-13-15-22(16-14-20)32-21-11-7-4-8-12-21/h3,5-6,9-10,13-16,21H,4,7-8,11-12,17-18,26-27H2,1-2H3/b24-23-. The van der Waals surface area contributed by atoms with Gasteiger partial charge in [0.2, 0.25) is 0 Å². The predicted molar refractivity (Wildman–Crippen MR) is 126 cm³/mol. The van der Waals surface area contributed by atoms with Gasteiger partial charge in [0.15, 0.2) is 0 Å². The number of hydrogen-bond donors (Lipinski definition) is 2. The van der Waals surface area contributed by atoms with Crippen molar-refractivity contribution in [2.75, 3.05) is 20.7 Å². The van der Waals surface area contributed by atoms with Crippen LogP contribution in [0.1, 0.15) is 43.2 Å². The molecule has 0 unspecified atom stereocenters. The Hall–Kier alpha value is -3.19. The van der Waals surface area contributed by atoms with Crippen molar-refractivity contribution in [3.8, 4) is 5.75 Å². The average molecular weight is 439 g/mol. The van der Waals surface area contributed by atoms with Crippen LogP contribution in [-0.4, -0.2) is 42.8 Å². The van der Waals surface area contributed by atoms with E-state index in [9.17, 15) is 4.79 Å². The van der Waals surface area contributed by atoms with Crippen LogP contribution in [0, 0.1) is 0 Å². The lowest BCUT2D eigenvalue weighted by Gasteiger charge is -2.23. The van der Waals surface area contributed by atoms with Crippen molar-refractivity contribution in [2.24, 2.45) is 11.6 Å². The number of amides is 1. The van der Waals surface area contributed by atoms with Gasteiger partial charge >= 0.3 is 6.09 Å². The Kier molecular flexibility index (Phi) is 8.39. The van der Waals surface area contributed by atoms with Crippen LogP contribution in [0.15, 0.2) is 60.3 Å². The molecule has 1 amide bonds. The summed E-state index contributed by atoms with van der Waals surface area (Å²) in [4.78, 5) is 13.9. The summed E-state index contributed by atoms with van der Waals surface area (Å²) < 4.78 is 11.6. The van der Waals surface area contributed by atoms with Crippen molar-refractivity contribution in [3.63, 3.8) is 0 Å². The summed E-state index contributed by atoms with van der Waals surface area (Å²) in [7, 11) is 3.36. The summed E-state index contributed by atoms with van der Waals surface area (Å²) >= 11 is 0. The lowest BCUT2D eigenvalue weighted by atomic mass is 9.98. The van der Waals surface area contributed by atoms with Crippen molar-refractivity contribution in [2.45, 2.75) is 44.8 Å². The van der Waals surface area contributed by atoms with Crippen LogP contribution < -0.4 is 16.3 Å². The minimum atomic E-state index is -0.447. The van der Waals surface area contributed by atoms with Gasteiger partial charge in [-0.25, -0.2) is 10.6 Å². The van der Waals surface area contributed by atoms with Crippen molar-refractivity contribution < 1.29 is 14.3 Å². The number of hydrazine groups is 1. The quantitative estimate of drug-likeness (QED) is 0.476. The molecule has 4 N–H and O–H groups in total. The molecule has 1 aliphatic rings. The normalized spacial score (nSPS) is 15.0. The molecule has 7 nitrogen and oxygen atoms in total. The third kappa shape index (κ3) is 6.65. The zero-order valence-electron chi connectivity index (χ0n) is 19.0. The average Bonchev–Trinajstić information content (AvgIpc) is 2.80. The minimum absolute atomic E-state index is 0.0306. The van der Waals surface area contributed by atoms with Gasteiger partial charge < -0.3 is 25.1 Å². The summed E-state index contributed by atoms with van der Waals surface area (Å²) in [6.45, 7) is 0.423. The molecule has 0 spiro atoms. The Labute approximate surface area is 190 Å². The van der Waals surface area contributed by atoms with Crippen LogP contribution in [0.4, 0.5) is 4.79 Å². The maximum Gasteiger partial charge on any atom is 0.410 e. The van der Waals surface area contributed by atoms with Gasteiger partial charge in [0, 0.05) is 20.6 Å². The van der Waals surface area contributed by atoms with Gasteiger partial charge in [-0.2, -0.15) is 0 Å². The molecule has 2 aromatic rings. The highest BCUT2D eigenvalue weighted by molar-refractivity contribution is 5.69. The SMILES string of the molecule is CN(Cc1ccccc1)C(=O)OC/C(=C(/N)c1ccc(OC2CCCCC2)cc1)N(C)N. The first-order chi connectivity index (χ1) is 15.4. The largest absolute Gasteiger partial charge is 0.490 e. The molecule has 0 radical (unpaired) electrons. The van der Waals surface area contributed by atoms with Gasteiger partial charge in [0.25, 0.3) is 0 Å². The zero-order chi connectivity index (χ0) is 22.9. The second-order valence-corrected chi connectivity index (χ2v) is 8.27. The Morgan fingerprint density at radius 3 is 2.28 bits per heavy atom. The van der Waals surface area contributed by atoms with Gasteiger partial charge in [0.1, 0.15) is 12.4 Å². The van der Waals surface area contributed by atoms with Gasteiger partial charge in [0.05, 0.1) is 17.5 Å². The summed E-state index contributed by atoms with van der Waals surface area (Å²) in [6.07, 6.45) is 5.81. The van der Waals surface area contributed by atoms with Gasteiger partial charge in [-0.15, -0.1) is 0 Å². The molecule has 172 valence electrons. The number of likely N-dealkylation sites (N-methyl/N-ethyl adjacent to an activating group) is 1. The van der Waals surface area contributed by atoms with E-state index >= 15 is 0 Å². The number of ether oxygens (including phenoxy) is 2. The molecule has 0 aliphatic heterocycles. The van der Waals surface area contributed by atoms with E-state index in [1.165, 1.54) is 29.2 Å². The van der Waals surface area contributed by atoms with E-state index in [0.717, 1.165) is 29.7 Å². The molecule has 0 heterocycles. The fourth-order valence-electron chi connectivity index (χ4n) is 3.79. The van der Waals surface area contributed by atoms with Crippen LogP contribution >= 0.6 is 0 Å². The van der Waals surface area contributed by atoms with Crippen molar-refractivity contribution in [1.29, 1.82) is 0 Å². The Morgan fingerprint density at radius 1 is 1.00 bits per heavy atom. The minimum Gasteiger partial charge on any atom is -0.490 e. The molecule has 1 saturated carbocycles. The maximum atomic E-state index is 12.4. The number of carbonyl (C=O) groups excluding carboxylic acids is 1. The molecule has 2 aromatic carbocycles. The molecule has 3 rings (SSSR count). The molecular formula is C25H34N4O3. The van der Waals surface area contributed by atoms with Gasteiger partial charge in [-0.3, -0.25) is 0 Å². The van der Waals surface area contributed by atoms with Crippen LogP contribution in [0.25, 0.3) is 5.70 Å². The monoisotopic (exact) mass is 438 g/mol. The number of benzene rings is 2. The number of rotatable bonds is 8. The molecule has 1 fully saturated rings. The maximum absolute atomic E-state index is 12.4. The highest BCUT2D eigenvalue weighted by Crippen LogP contribution is 2.25. The molecule has 1 aliphatic carbocycles. The van der Waals surface area contributed by atoms with Crippen molar-refractivity contribution in [3.05, 3.63) is 71.4 Å². The van der Waals surface area contributed by atoms with Crippen LogP contribution in [0.5, 0.6) is 5.75 Å². The topological polar surface area (TPSA) is 94.0 Å². The highest BCUT2D eigenvalue weighted by Gasteiger charge is 2.17. The fraction of sp³-hybridized carbons (Fsp3) is 0.400. The second-order valence-electron chi connectivity index (χ2n) is 8.27. The lowest BCUT2D eigenvalue weighted by molar-refractivity contribution is 0.111. The smallest absolute Gasteiger partial charge is 0.410 e. The molecular weight excluding hydrogens is 404 g/mol. The first-order valence-corrected chi connectivity index (χ1v) is 11.1. The Morgan fingerprint density at radius 2 is 1.66 bits per heavy atom. The van der Waals surface area contributed by atoms with E-state index in [4.69, 9.17) is 21.1 Å². The molecule has 0 saturated heterocycles. The Balaban J connectivity index is 1.61. The van der Waals surface area contributed by atoms with Crippen LogP contribution in [-0.2, 0) is 11.3 Å².